The number of hydrogen-bond acceptors (Lipinski definition) is 2. The number of hydrogen-bond donors (Lipinski definition) is 1. The van der Waals surface area contributed by atoms with Gasteiger partial charge >= 0.3 is 6.18 Å². The molecule has 0 saturated carbocycles. The zero-order valence-electron chi connectivity index (χ0n) is 17.4. The van der Waals surface area contributed by atoms with Crippen molar-refractivity contribution in [3.63, 3.8) is 0 Å². The molecule has 1 aliphatic rings. The minimum Gasteiger partial charge on any atom is -0.368 e. The second kappa shape index (κ2) is 9.51. The summed E-state index contributed by atoms with van der Waals surface area (Å²) in [7, 11) is 0. The van der Waals surface area contributed by atoms with Gasteiger partial charge < -0.3 is 15.1 Å². The standard InChI is InChI=1S/C23H28F3N3O/c1-17(2)22(18-7-4-3-5-8-18)27-16-21(30)29-13-11-28(12-14-29)20-10-6-9-19(15-20)23(24,25)26/h3-10,15,17,22,27H,11-14,16H2,1-2H3/p+1/t22-/m0/s1. The normalized spacial score (nSPS) is 16.1. The highest BCUT2D eigenvalue weighted by Crippen LogP contribution is 2.31. The van der Waals surface area contributed by atoms with Gasteiger partial charge in [0.1, 0.15) is 6.04 Å². The van der Waals surface area contributed by atoms with Crippen LogP contribution < -0.4 is 10.2 Å². The molecule has 30 heavy (non-hydrogen) atoms. The maximum Gasteiger partial charge on any atom is 0.416 e. The predicted molar refractivity (Wildman–Crippen MR) is 111 cm³/mol. The molecular weight excluding hydrogens is 391 g/mol. The number of rotatable bonds is 6. The van der Waals surface area contributed by atoms with E-state index in [1.165, 1.54) is 17.7 Å². The van der Waals surface area contributed by atoms with Crippen LogP contribution in [-0.4, -0.2) is 43.5 Å². The highest BCUT2D eigenvalue weighted by Gasteiger charge is 2.31. The molecular formula is C23H29F3N3O+. The molecule has 0 radical (unpaired) electrons. The van der Waals surface area contributed by atoms with E-state index in [1.54, 1.807) is 6.07 Å². The summed E-state index contributed by atoms with van der Waals surface area (Å²) in [4.78, 5) is 16.4. The van der Waals surface area contributed by atoms with E-state index in [9.17, 15) is 18.0 Å². The molecule has 0 spiro atoms. The third-order valence-corrected chi connectivity index (χ3v) is 5.62. The zero-order chi connectivity index (χ0) is 21.7. The van der Waals surface area contributed by atoms with Crippen LogP contribution in [0.15, 0.2) is 54.6 Å². The quantitative estimate of drug-likeness (QED) is 0.779. The van der Waals surface area contributed by atoms with E-state index in [2.05, 4.69) is 31.3 Å². The van der Waals surface area contributed by atoms with Crippen LogP contribution in [0.2, 0.25) is 0 Å². The number of anilines is 1. The predicted octanol–water partition coefficient (Wildman–Crippen LogP) is 3.31. The number of nitrogens with two attached hydrogens (primary N) is 1. The van der Waals surface area contributed by atoms with Crippen molar-refractivity contribution in [2.45, 2.75) is 26.1 Å². The van der Waals surface area contributed by atoms with Crippen LogP contribution in [-0.2, 0) is 11.0 Å². The Labute approximate surface area is 175 Å². The average molecular weight is 420 g/mol. The third-order valence-electron chi connectivity index (χ3n) is 5.62. The lowest BCUT2D eigenvalue weighted by Gasteiger charge is -2.36. The molecule has 0 bridgehead atoms. The Bertz CT molecular complexity index is 831. The van der Waals surface area contributed by atoms with E-state index in [0.29, 0.717) is 44.3 Å². The van der Waals surface area contributed by atoms with Crippen molar-refractivity contribution in [3.8, 4) is 0 Å². The smallest absolute Gasteiger partial charge is 0.368 e. The van der Waals surface area contributed by atoms with E-state index < -0.39 is 11.7 Å². The minimum absolute atomic E-state index is 0.0697. The first-order valence-electron chi connectivity index (χ1n) is 10.3. The van der Waals surface area contributed by atoms with Crippen LogP contribution in [0.5, 0.6) is 0 Å². The van der Waals surface area contributed by atoms with Crippen molar-refractivity contribution in [3.05, 3.63) is 65.7 Å². The van der Waals surface area contributed by atoms with Gasteiger partial charge in [-0.1, -0.05) is 50.2 Å². The van der Waals surface area contributed by atoms with Crippen molar-refractivity contribution in [2.24, 2.45) is 5.92 Å². The number of alkyl halides is 3. The van der Waals surface area contributed by atoms with Crippen molar-refractivity contribution in [1.29, 1.82) is 0 Å². The molecule has 2 aromatic carbocycles. The number of nitrogens with zero attached hydrogens (tertiary/aromatic N) is 2. The van der Waals surface area contributed by atoms with Crippen LogP contribution in [0, 0.1) is 5.92 Å². The van der Waals surface area contributed by atoms with Gasteiger partial charge in [0.25, 0.3) is 5.91 Å². The minimum atomic E-state index is -4.35. The average Bonchev–Trinajstić information content (AvgIpc) is 2.74. The Morgan fingerprint density at radius 2 is 1.67 bits per heavy atom. The zero-order valence-corrected chi connectivity index (χ0v) is 17.4. The van der Waals surface area contributed by atoms with Crippen LogP contribution in [0.3, 0.4) is 0 Å². The Kier molecular flexibility index (Phi) is 7.02. The lowest BCUT2D eigenvalue weighted by molar-refractivity contribution is -0.692. The summed E-state index contributed by atoms with van der Waals surface area (Å²) in [6, 6.07) is 15.8. The van der Waals surface area contributed by atoms with Gasteiger partial charge in [-0.2, -0.15) is 13.2 Å². The molecule has 1 heterocycles. The second-order valence-electron chi connectivity index (χ2n) is 8.04. The second-order valence-corrected chi connectivity index (χ2v) is 8.04. The van der Waals surface area contributed by atoms with Gasteiger partial charge in [-0.25, -0.2) is 0 Å². The Morgan fingerprint density at radius 1 is 1.00 bits per heavy atom. The topological polar surface area (TPSA) is 40.2 Å². The van der Waals surface area contributed by atoms with E-state index >= 15 is 0 Å². The molecule has 162 valence electrons. The van der Waals surface area contributed by atoms with E-state index in [0.717, 1.165) is 6.07 Å². The van der Waals surface area contributed by atoms with E-state index in [4.69, 9.17) is 0 Å². The van der Waals surface area contributed by atoms with Crippen molar-refractivity contribution >= 4 is 11.6 Å². The first-order chi connectivity index (χ1) is 14.3. The first-order valence-corrected chi connectivity index (χ1v) is 10.3. The molecule has 0 unspecified atom stereocenters. The molecule has 2 aromatic rings. The summed E-state index contributed by atoms with van der Waals surface area (Å²) < 4.78 is 38.9. The molecule has 4 nitrogen and oxygen atoms in total. The van der Waals surface area contributed by atoms with Gasteiger partial charge in [-0.15, -0.1) is 0 Å². The van der Waals surface area contributed by atoms with Crippen molar-refractivity contribution in [1.82, 2.24) is 4.90 Å². The number of benzene rings is 2. The van der Waals surface area contributed by atoms with Gasteiger partial charge in [0.2, 0.25) is 0 Å². The van der Waals surface area contributed by atoms with Crippen molar-refractivity contribution < 1.29 is 23.3 Å². The maximum atomic E-state index is 13.0. The van der Waals surface area contributed by atoms with E-state index in [-0.39, 0.29) is 11.9 Å². The molecule has 2 N–H and O–H groups in total. The molecule has 7 heteroatoms. The van der Waals surface area contributed by atoms with Gasteiger partial charge in [0.15, 0.2) is 6.54 Å². The number of halogens is 3. The Morgan fingerprint density at radius 3 is 2.27 bits per heavy atom. The number of carbonyl (C=O) groups excluding carboxylic acids is 1. The highest BCUT2D eigenvalue weighted by molar-refractivity contribution is 5.77. The fourth-order valence-corrected chi connectivity index (χ4v) is 3.92. The lowest BCUT2D eigenvalue weighted by atomic mass is 9.96. The van der Waals surface area contributed by atoms with Gasteiger partial charge in [0.05, 0.1) is 5.56 Å². The molecule has 1 amide bonds. The van der Waals surface area contributed by atoms with E-state index in [1.807, 2.05) is 28.0 Å². The molecule has 0 aromatic heterocycles. The van der Waals surface area contributed by atoms with Crippen LogP contribution in [0.4, 0.5) is 18.9 Å². The van der Waals surface area contributed by atoms with Gasteiger partial charge in [0, 0.05) is 43.3 Å². The Hall–Kier alpha value is -2.54. The van der Waals surface area contributed by atoms with Crippen molar-refractivity contribution in [2.75, 3.05) is 37.6 Å². The molecule has 1 saturated heterocycles. The number of amides is 1. The molecule has 1 atom stereocenters. The molecule has 1 aliphatic heterocycles. The van der Waals surface area contributed by atoms with Gasteiger partial charge in [-0.05, 0) is 18.2 Å². The van der Waals surface area contributed by atoms with Crippen LogP contribution in [0.1, 0.15) is 31.0 Å². The van der Waals surface area contributed by atoms with Crippen LogP contribution in [0.25, 0.3) is 0 Å². The fourth-order valence-electron chi connectivity index (χ4n) is 3.92. The van der Waals surface area contributed by atoms with Gasteiger partial charge in [-0.3, -0.25) is 4.79 Å². The maximum absolute atomic E-state index is 13.0. The number of quaternary nitrogens is 1. The molecule has 1 fully saturated rings. The summed E-state index contributed by atoms with van der Waals surface area (Å²) in [6.07, 6.45) is -4.35. The fraction of sp³-hybridized carbons (Fsp3) is 0.435. The molecule has 0 aliphatic carbocycles. The SMILES string of the molecule is CC(C)[C@H]([NH2+]CC(=O)N1CCN(c2cccc(C(F)(F)F)c2)CC1)c1ccccc1. The molecule has 3 rings (SSSR count). The first kappa shape index (κ1) is 22.2. The largest absolute Gasteiger partial charge is 0.416 e. The summed E-state index contributed by atoms with van der Waals surface area (Å²) >= 11 is 0. The summed E-state index contributed by atoms with van der Waals surface area (Å²) in [5, 5.41) is 2.08. The number of carbonyl (C=O) groups is 1. The third kappa shape index (κ3) is 5.53. The number of piperazine rings is 1. The van der Waals surface area contributed by atoms with Crippen LogP contribution >= 0.6 is 0 Å². The lowest BCUT2D eigenvalue weighted by Crippen LogP contribution is -2.88. The summed E-state index contributed by atoms with van der Waals surface area (Å²) in [5.41, 5.74) is 1.11. The summed E-state index contributed by atoms with van der Waals surface area (Å²) in [5.74, 6) is 0.457. The Balaban J connectivity index is 1.54. The summed E-state index contributed by atoms with van der Waals surface area (Å²) in [6.45, 7) is 6.74. The highest BCUT2D eigenvalue weighted by atomic mass is 19.4. The monoisotopic (exact) mass is 420 g/mol.